The van der Waals surface area contributed by atoms with Crippen molar-refractivity contribution in [3.63, 3.8) is 0 Å². The summed E-state index contributed by atoms with van der Waals surface area (Å²) >= 11 is 0. The van der Waals surface area contributed by atoms with Crippen molar-refractivity contribution in [2.24, 2.45) is 0 Å². The van der Waals surface area contributed by atoms with Crippen LogP contribution in [0.1, 0.15) is 35.3 Å². The molecule has 2 aliphatic rings. The lowest BCUT2D eigenvalue weighted by Crippen LogP contribution is -2.19. The Morgan fingerprint density at radius 3 is 2.97 bits per heavy atom. The number of aromatic nitrogens is 7. The molecule has 0 aliphatic carbocycles. The highest BCUT2D eigenvalue weighted by Crippen LogP contribution is 2.37. The number of nitrogen functional groups attached to an aromatic ring is 1. The third-order valence-corrected chi connectivity index (χ3v) is 7.25. The van der Waals surface area contributed by atoms with Gasteiger partial charge in [0.15, 0.2) is 5.82 Å². The second-order valence-corrected chi connectivity index (χ2v) is 9.56. The van der Waals surface area contributed by atoms with Gasteiger partial charge in [0, 0.05) is 67.0 Å². The van der Waals surface area contributed by atoms with Crippen molar-refractivity contribution < 1.29 is 5.11 Å². The first kappa shape index (κ1) is 21.7. The van der Waals surface area contributed by atoms with E-state index < -0.39 is 6.10 Å². The summed E-state index contributed by atoms with van der Waals surface area (Å²) in [5.41, 5.74) is 11.6. The van der Waals surface area contributed by atoms with Crippen LogP contribution in [0.25, 0.3) is 22.0 Å². The highest BCUT2D eigenvalue weighted by atomic mass is 16.3. The number of aryl methyl sites for hydroxylation is 2. The monoisotopic (exact) mass is 494 g/mol. The summed E-state index contributed by atoms with van der Waals surface area (Å²) in [6.45, 7) is 4.24. The molecule has 0 aromatic carbocycles. The highest BCUT2D eigenvalue weighted by molar-refractivity contribution is 5.95. The highest BCUT2D eigenvalue weighted by Gasteiger charge is 2.23. The van der Waals surface area contributed by atoms with Crippen LogP contribution in [0.5, 0.6) is 0 Å². The fourth-order valence-corrected chi connectivity index (χ4v) is 5.26. The number of imidazole rings is 1. The third-order valence-electron chi connectivity index (χ3n) is 7.25. The quantitative estimate of drug-likeness (QED) is 0.297. The molecule has 2 aliphatic heterocycles. The van der Waals surface area contributed by atoms with Crippen molar-refractivity contribution in [3.05, 3.63) is 65.8 Å². The van der Waals surface area contributed by atoms with E-state index in [-0.39, 0.29) is 0 Å². The molecule has 0 fully saturated rings. The first-order chi connectivity index (χ1) is 18.0. The van der Waals surface area contributed by atoms with Crippen molar-refractivity contribution in [3.8, 4) is 11.3 Å². The van der Waals surface area contributed by atoms with Crippen molar-refractivity contribution in [1.29, 1.82) is 0 Å². The summed E-state index contributed by atoms with van der Waals surface area (Å²) in [6.07, 6.45) is 8.31. The number of nitrogens with zero attached hydrogens (tertiary/aromatic N) is 7. The number of anilines is 4. The topological polar surface area (TPSA) is 145 Å². The van der Waals surface area contributed by atoms with Gasteiger partial charge in [-0.3, -0.25) is 9.67 Å². The molecule has 1 unspecified atom stereocenters. The van der Waals surface area contributed by atoms with Crippen LogP contribution in [0.15, 0.2) is 43.0 Å². The largest absolute Gasteiger partial charge is 0.387 e. The molecule has 11 nitrogen and oxygen atoms in total. The number of rotatable bonds is 3. The van der Waals surface area contributed by atoms with Crippen molar-refractivity contribution in [1.82, 2.24) is 34.3 Å². The van der Waals surface area contributed by atoms with Crippen LogP contribution in [0.3, 0.4) is 0 Å². The molecule has 5 N–H and O–H groups in total. The smallest absolute Gasteiger partial charge is 0.153 e. The number of aliphatic hydroxyl groups excluding tert-OH is 1. The molecule has 7 heterocycles. The summed E-state index contributed by atoms with van der Waals surface area (Å²) in [7, 11) is 0. The molecular weight excluding hydrogens is 468 g/mol. The molecule has 1 atom stereocenters. The molecule has 37 heavy (non-hydrogen) atoms. The van der Waals surface area contributed by atoms with Crippen LogP contribution in [0.2, 0.25) is 0 Å². The maximum Gasteiger partial charge on any atom is 0.153 e. The van der Waals surface area contributed by atoms with Crippen LogP contribution in [-0.2, 0) is 19.5 Å². The Hall–Kier alpha value is -4.51. The predicted molar refractivity (Wildman–Crippen MR) is 141 cm³/mol. The van der Waals surface area contributed by atoms with Gasteiger partial charge in [-0.25, -0.2) is 15.0 Å². The molecule has 0 saturated carbocycles. The Morgan fingerprint density at radius 1 is 1.14 bits per heavy atom. The van der Waals surface area contributed by atoms with E-state index in [2.05, 4.69) is 41.2 Å². The van der Waals surface area contributed by atoms with Crippen molar-refractivity contribution in [2.75, 3.05) is 22.9 Å². The molecule has 11 heteroatoms. The zero-order valence-electron chi connectivity index (χ0n) is 20.3. The van der Waals surface area contributed by atoms with Crippen LogP contribution in [-0.4, -0.2) is 45.9 Å². The van der Waals surface area contributed by atoms with E-state index in [0.717, 1.165) is 63.6 Å². The van der Waals surface area contributed by atoms with Gasteiger partial charge in [-0.15, -0.1) is 0 Å². The lowest BCUT2D eigenvalue weighted by molar-refractivity contribution is 0.163. The lowest BCUT2D eigenvalue weighted by atomic mass is 9.98. The van der Waals surface area contributed by atoms with Gasteiger partial charge in [0.2, 0.25) is 0 Å². The van der Waals surface area contributed by atoms with Gasteiger partial charge in [0.1, 0.15) is 17.5 Å². The first-order valence-corrected chi connectivity index (χ1v) is 12.4. The number of hydrogen-bond donors (Lipinski definition) is 4. The Balaban J connectivity index is 1.22. The maximum atomic E-state index is 10.3. The third kappa shape index (κ3) is 3.66. The normalized spacial score (nSPS) is 16.4. The van der Waals surface area contributed by atoms with Crippen molar-refractivity contribution in [2.45, 2.75) is 39.0 Å². The summed E-state index contributed by atoms with van der Waals surface area (Å²) < 4.78 is 4.16. The van der Waals surface area contributed by atoms with Gasteiger partial charge < -0.3 is 26.0 Å². The van der Waals surface area contributed by atoms with E-state index in [1.165, 1.54) is 0 Å². The Kier molecular flexibility index (Phi) is 4.86. The zero-order valence-corrected chi connectivity index (χ0v) is 20.3. The number of aliphatic hydroxyl groups is 1. The van der Waals surface area contributed by atoms with E-state index in [4.69, 9.17) is 10.8 Å². The SMILES string of the molecule is Cc1c(-c2cc3cc(Nc4cc5n(n4)Cc4nccn4CC5)ncc3c(N)n2)cnc2c1NCCC2O. The minimum atomic E-state index is -0.557. The zero-order chi connectivity index (χ0) is 25.1. The standard InChI is InChI=1S/C26H26N10O/c1-14-17(11-31-25-20(37)2-4-29-24(14)25)19-8-15-9-21(30-12-18(15)26(27)32-19)33-22-10-16-3-6-35-7-5-28-23(35)13-36(16)34-22/h5,7-12,20,29,37H,2-4,6,13H2,1H3,(H2,27,32)(H,30,33,34). The number of nitrogens with two attached hydrogens (primary N) is 1. The second-order valence-electron chi connectivity index (χ2n) is 9.56. The van der Waals surface area contributed by atoms with Gasteiger partial charge in [-0.05, 0) is 36.4 Å². The average Bonchev–Trinajstić information content (AvgIpc) is 3.46. The summed E-state index contributed by atoms with van der Waals surface area (Å²) in [5, 5.41) is 23.5. The van der Waals surface area contributed by atoms with Crippen LogP contribution < -0.4 is 16.4 Å². The van der Waals surface area contributed by atoms with Crippen LogP contribution >= 0.6 is 0 Å². The first-order valence-electron chi connectivity index (χ1n) is 12.4. The number of hydrogen-bond acceptors (Lipinski definition) is 9. The Bertz CT molecular complexity index is 1670. The number of nitrogens with one attached hydrogen (secondary N) is 2. The minimum absolute atomic E-state index is 0.404. The van der Waals surface area contributed by atoms with E-state index in [1.807, 2.05) is 36.1 Å². The predicted octanol–water partition coefficient (Wildman–Crippen LogP) is 3.17. The molecule has 7 rings (SSSR count). The number of pyridine rings is 3. The summed E-state index contributed by atoms with van der Waals surface area (Å²) in [5.74, 6) is 2.82. The Morgan fingerprint density at radius 2 is 2.05 bits per heavy atom. The maximum absolute atomic E-state index is 10.3. The molecule has 186 valence electrons. The lowest BCUT2D eigenvalue weighted by Gasteiger charge is -2.24. The van der Waals surface area contributed by atoms with E-state index in [0.29, 0.717) is 36.8 Å². The van der Waals surface area contributed by atoms with Gasteiger partial charge in [0.05, 0.1) is 29.7 Å². The Labute approximate surface area is 212 Å². The fraction of sp³-hybridized carbons (Fsp3) is 0.269. The molecule has 0 saturated heterocycles. The minimum Gasteiger partial charge on any atom is -0.387 e. The van der Waals surface area contributed by atoms with Crippen LogP contribution in [0, 0.1) is 6.92 Å². The number of fused-ring (bicyclic) bond motifs is 4. The molecule has 0 bridgehead atoms. The van der Waals surface area contributed by atoms with Gasteiger partial charge in [-0.2, -0.15) is 5.10 Å². The van der Waals surface area contributed by atoms with E-state index in [1.54, 1.807) is 12.4 Å². The van der Waals surface area contributed by atoms with E-state index >= 15 is 0 Å². The van der Waals surface area contributed by atoms with Crippen molar-refractivity contribution >= 4 is 33.9 Å². The summed E-state index contributed by atoms with van der Waals surface area (Å²) in [6, 6.07) is 6.02. The van der Waals surface area contributed by atoms with Crippen LogP contribution in [0.4, 0.5) is 23.1 Å². The van der Waals surface area contributed by atoms with Gasteiger partial charge >= 0.3 is 0 Å². The molecule has 0 radical (unpaired) electrons. The second kappa shape index (κ2) is 8.27. The van der Waals surface area contributed by atoms with Gasteiger partial charge in [0.25, 0.3) is 0 Å². The summed E-state index contributed by atoms with van der Waals surface area (Å²) in [4.78, 5) is 18.2. The average molecular weight is 495 g/mol. The molecule has 5 aromatic rings. The molecule has 5 aromatic heterocycles. The molecular formula is C26H26N10O. The van der Waals surface area contributed by atoms with Gasteiger partial charge in [-0.1, -0.05) is 0 Å². The van der Waals surface area contributed by atoms with E-state index in [9.17, 15) is 5.11 Å². The molecule has 0 amide bonds. The molecule has 0 spiro atoms. The fourth-order valence-electron chi connectivity index (χ4n) is 5.26.